The summed E-state index contributed by atoms with van der Waals surface area (Å²) in [6.07, 6.45) is 0. The van der Waals surface area contributed by atoms with E-state index in [4.69, 9.17) is 46.4 Å². The quantitative estimate of drug-likeness (QED) is 0.503. The zero-order valence-electron chi connectivity index (χ0n) is 10.2. The van der Waals surface area contributed by atoms with E-state index in [-0.39, 0.29) is 25.8 Å². The maximum atomic E-state index is 9.62. The van der Waals surface area contributed by atoms with Gasteiger partial charge in [-0.1, -0.05) is 67.2 Å². The van der Waals surface area contributed by atoms with Crippen molar-refractivity contribution in [3.05, 3.63) is 20.1 Å². The maximum Gasteiger partial charge on any atom is 0.155 e. The number of halogens is 4. The van der Waals surface area contributed by atoms with E-state index in [2.05, 4.69) is 20.8 Å². The molecular weight excluding hydrogens is 334 g/mol. The lowest BCUT2D eigenvalue weighted by atomic mass is 10.0. The van der Waals surface area contributed by atoms with Gasteiger partial charge in [0.05, 0.1) is 10.0 Å². The lowest BCUT2D eigenvalue weighted by Gasteiger charge is -2.17. The highest BCUT2D eigenvalue weighted by Gasteiger charge is 2.21. The molecule has 6 heteroatoms. The summed E-state index contributed by atoms with van der Waals surface area (Å²) in [5, 5.41) is 10.2. The Labute approximate surface area is 132 Å². The third kappa shape index (κ3) is 3.55. The van der Waals surface area contributed by atoms with Crippen LogP contribution in [0.25, 0.3) is 0 Å². The fourth-order valence-electron chi connectivity index (χ4n) is 1.13. The Bertz CT molecular complexity index is 419. The van der Waals surface area contributed by atoms with E-state index in [1.165, 1.54) is 11.8 Å². The number of rotatable bonds is 4. The number of hydrogen-bond donors (Lipinski definition) is 1. The molecule has 0 fully saturated rings. The second-order valence-electron chi connectivity index (χ2n) is 4.47. The van der Waals surface area contributed by atoms with Crippen LogP contribution in [-0.4, -0.2) is 10.9 Å². The second kappa shape index (κ2) is 6.81. The smallest absolute Gasteiger partial charge is 0.155 e. The first kappa shape index (κ1) is 16.6. The van der Waals surface area contributed by atoms with Crippen molar-refractivity contribution in [1.82, 2.24) is 0 Å². The van der Waals surface area contributed by atoms with Crippen LogP contribution in [0.1, 0.15) is 20.8 Å². The van der Waals surface area contributed by atoms with Crippen LogP contribution in [0.2, 0.25) is 20.1 Å². The topological polar surface area (TPSA) is 20.2 Å². The zero-order chi connectivity index (χ0) is 14.0. The minimum atomic E-state index is -0.269. The van der Waals surface area contributed by atoms with Crippen LogP contribution in [-0.2, 0) is 0 Å². The molecule has 0 bridgehead atoms. The Morgan fingerprint density at radius 1 is 0.944 bits per heavy atom. The van der Waals surface area contributed by atoms with Crippen LogP contribution < -0.4 is 0 Å². The van der Waals surface area contributed by atoms with Crippen LogP contribution >= 0.6 is 58.2 Å². The number of benzene rings is 1. The first-order valence-electron chi connectivity index (χ1n) is 5.45. The van der Waals surface area contributed by atoms with Gasteiger partial charge in [-0.05, 0) is 11.8 Å². The first-order valence-corrected chi connectivity index (χ1v) is 7.94. The average Bonchev–Trinajstić information content (AvgIpc) is 2.33. The summed E-state index contributed by atoms with van der Waals surface area (Å²) in [4.78, 5) is 0.624. The van der Waals surface area contributed by atoms with Gasteiger partial charge in [0, 0.05) is 10.6 Å². The molecule has 1 aromatic carbocycles. The third-order valence-corrected chi connectivity index (χ3v) is 6.13. The van der Waals surface area contributed by atoms with Crippen molar-refractivity contribution < 1.29 is 5.11 Å². The largest absolute Gasteiger partial charge is 0.505 e. The van der Waals surface area contributed by atoms with Crippen molar-refractivity contribution in [3.63, 3.8) is 0 Å². The molecule has 0 saturated carbocycles. The lowest BCUT2D eigenvalue weighted by molar-refractivity contribution is 0.464. The fourth-order valence-corrected chi connectivity index (χ4v) is 3.69. The van der Waals surface area contributed by atoms with Gasteiger partial charge in [0.25, 0.3) is 0 Å². The Balaban J connectivity index is 3.03. The minimum absolute atomic E-state index is 0.0470. The van der Waals surface area contributed by atoms with E-state index >= 15 is 0 Å². The van der Waals surface area contributed by atoms with Crippen LogP contribution in [0, 0.1) is 11.8 Å². The molecule has 0 saturated heterocycles. The monoisotopic (exact) mass is 346 g/mol. The number of phenolic OH excluding ortho intramolecular Hbond substituents is 1. The van der Waals surface area contributed by atoms with Crippen LogP contribution in [0.15, 0.2) is 4.90 Å². The van der Waals surface area contributed by atoms with Gasteiger partial charge >= 0.3 is 0 Å². The van der Waals surface area contributed by atoms with Crippen LogP contribution in [0.5, 0.6) is 5.75 Å². The number of hydrogen-bond acceptors (Lipinski definition) is 2. The van der Waals surface area contributed by atoms with Crippen molar-refractivity contribution in [2.45, 2.75) is 25.7 Å². The SMILES string of the molecule is CC(C)C(C)CSc1c(Cl)c(Cl)c(O)c(Cl)c1Cl. The molecular formula is C12H14Cl4OS. The zero-order valence-corrected chi connectivity index (χ0v) is 14.1. The van der Waals surface area contributed by atoms with Gasteiger partial charge in [-0.25, -0.2) is 0 Å². The van der Waals surface area contributed by atoms with E-state index in [9.17, 15) is 5.11 Å². The molecule has 1 rings (SSSR count). The Hall–Kier alpha value is 0.530. The van der Waals surface area contributed by atoms with Crippen molar-refractivity contribution >= 4 is 58.2 Å². The average molecular weight is 348 g/mol. The Kier molecular flexibility index (Phi) is 6.27. The minimum Gasteiger partial charge on any atom is -0.505 e. The normalized spacial score (nSPS) is 13.1. The van der Waals surface area contributed by atoms with Crippen molar-refractivity contribution in [3.8, 4) is 5.75 Å². The highest BCUT2D eigenvalue weighted by Crippen LogP contribution is 2.49. The molecule has 1 nitrogen and oxygen atoms in total. The van der Waals surface area contributed by atoms with Gasteiger partial charge in [-0.15, -0.1) is 11.8 Å². The van der Waals surface area contributed by atoms with E-state index in [0.717, 1.165) is 5.75 Å². The summed E-state index contributed by atoms with van der Waals surface area (Å²) in [7, 11) is 0. The molecule has 0 aliphatic carbocycles. The molecule has 1 atom stereocenters. The molecule has 1 unspecified atom stereocenters. The van der Waals surface area contributed by atoms with E-state index in [1.54, 1.807) is 0 Å². The van der Waals surface area contributed by atoms with Gasteiger partial charge in [0.2, 0.25) is 0 Å². The molecule has 0 radical (unpaired) electrons. The lowest BCUT2D eigenvalue weighted by Crippen LogP contribution is -2.06. The van der Waals surface area contributed by atoms with Crippen LogP contribution in [0.3, 0.4) is 0 Å². The summed E-state index contributed by atoms with van der Waals surface area (Å²) < 4.78 is 0. The summed E-state index contributed by atoms with van der Waals surface area (Å²) >= 11 is 25.5. The summed E-state index contributed by atoms with van der Waals surface area (Å²) in [5.41, 5.74) is 0. The molecule has 0 heterocycles. The van der Waals surface area contributed by atoms with Gasteiger partial charge in [-0.2, -0.15) is 0 Å². The highest BCUT2D eigenvalue weighted by atomic mass is 35.5. The van der Waals surface area contributed by atoms with Gasteiger partial charge < -0.3 is 5.11 Å². The van der Waals surface area contributed by atoms with Gasteiger partial charge in [0.15, 0.2) is 5.75 Å². The van der Waals surface area contributed by atoms with Gasteiger partial charge in [0.1, 0.15) is 10.0 Å². The Morgan fingerprint density at radius 3 is 1.78 bits per heavy atom. The predicted molar refractivity (Wildman–Crippen MR) is 82.9 cm³/mol. The second-order valence-corrected chi connectivity index (χ2v) is 7.01. The molecule has 0 aliphatic rings. The number of phenols is 1. The maximum absolute atomic E-state index is 9.62. The van der Waals surface area contributed by atoms with Crippen molar-refractivity contribution in [2.75, 3.05) is 5.75 Å². The van der Waals surface area contributed by atoms with E-state index in [1.807, 2.05) is 0 Å². The van der Waals surface area contributed by atoms with Crippen LogP contribution in [0.4, 0.5) is 0 Å². The molecule has 0 amide bonds. The standard InChI is InChI=1S/C12H14Cl4OS/c1-5(2)6(3)4-18-12-9(15)7(13)11(17)8(14)10(12)16/h5-6,17H,4H2,1-3H3. The van der Waals surface area contributed by atoms with E-state index < -0.39 is 0 Å². The number of aromatic hydroxyl groups is 1. The molecule has 1 aromatic rings. The van der Waals surface area contributed by atoms with E-state index in [0.29, 0.717) is 16.7 Å². The summed E-state index contributed by atoms with van der Waals surface area (Å²) in [5.74, 6) is 1.66. The van der Waals surface area contributed by atoms with Crippen molar-refractivity contribution in [2.24, 2.45) is 11.8 Å². The molecule has 0 spiro atoms. The fraction of sp³-hybridized carbons (Fsp3) is 0.500. The third-order valence-electron chi connectivity index (χ3n) is 2.83. The molecule has 102 valence electrons. The molecule has 18 heavy (non-hydrogen) atoms. The van der Waals surface area contributed by atoms with Gasteiger partial charge in [-0.3, -0.25) is 0 Å². The predicted octanol–water partition coefficient (Wildman–Crippen LogP) is 6.39. The first-order chi connectivity index (χ1) is 8.27. The molecule has 0 aromatic heterocycles. The summed E-state index contributed by atoms with van der Waals surface area (Å²) in [6, 6.07) is 0. The molecule has 0 aliphatic heterocycles. The highest BCUT2D eigenvalue weighted by molar-refractivity contribution is 7.99. The van der Waals surface area contributed by atoms with Crippen molar-refractivity contribution in [1.29, 1.82) is 0 Å². The Morgan fingerprint density at radius 2 is 1.39 bits per heavy atom. The number of thioether (sulfide) groups is 1. The summed E-state index contributed by atoms with van der Waals surface area (Å²) in [6.45, 7) is 6.47. The molecule has 1 N–H and O–H groups in total.